The van der Waals surface area contributed by atoms with Crippen molar-refractivity contribution in [2.75, 3.05) is 39.6 Å². The molecule has 1 atom stereocenters. The van der Waals surface area contributed by atoms with Crippen LogP contribution in [0.3, 0.4) is 0 Å². The molecule has 0 rings (SSSR count). The van der Waals surface area contributed by atoms with Gasteiger partial charge in [0.2, 0.25) is 0 Å². The summed E-state index contributed by atoms with van der Waals surface area (Å²) < 4.78 is 31.1. The topological polar surface area (TPSA) is 83.5 Å². The number of hydrogen-bond acceptors (Lipinski definition) is 6. The van der Waals surface area contributed by atoms with Crippen LogP contribution in [-0.4, -0.2) is 44.5 Å². The number of hydrogen-bond donors (Lipinski definition) is 1. The Bertz CT molecular complexity index is 369. The zero-order valence-electron chi connectivity index (χ0n) is 18.8. The summed E-state index contributed by atoms with van der Waals surface area (Å²) in [4.78, 5) is 14.3. The Labute approximate surface area is 178 Å². The van der Waals surface area contributed by atoms with Crippen LogP contribution in [-0.2, 0) is 28.1 Å². The van der Waals surface area contributed by atoms with E-state index in [1.807, 2.05) is 6.92 Å². The third-order valence-corrected chi connectivity index (χ3v) is 5.34. The maximum absolute atomic E-state index is 11.6. The molecule has 0 heterocycles. The van der Waals surface area contributed by atoms with Crippen molar-refractivity contribution >= 4 is 7.82 Å². The number of ether oxygens (including phenoxy) is 2. The van der Waals surface area contributed by atoms with E-state index in [0.29, 0.717) is 19.8 Å². The van der Waals surface area contributed by atoms with Crippen molar-refractivity contribution < 1.29 is 33.0 Å². The molecule has 0 aromatic heterocycles. The summed E-state index contributed by atoms with van der Waals surface area (Å²) in [7, 11) is -4.17. The second-order valence-electron chi connectivity index (χ2n) is 7.25. The first-order valence-corrected chi connectivity index (χ1v) is 13.1. The summed E-state index contributed by atoms with van der Waals surface area (Å²) in [5, 5.41) is 0. The van der Waals surface area contributed by atoms with Gasteiger partial charge in [-0.1, -0.05) is 84.0 Å². The standard InChI is InChI=1S/C21H45O7P/c1-3-5-6-7-8-9-10-11-12-13-14-15-16-17-26-28-29(22,23)27-21-20-25-19-18-24-4-2/h3-21H2,1-2H3,(H,22,23). The Morgan fingerprint density at radius 3 is 1.66 bits per heavy atom. The van der Waals surface area contributed by atoms with Crippen molar-refractivity contribution in [3.63, 3.8) is 0 Å². The monoisotopic (exact) mass is 440 g/mol. The molecule has 0 saturated heterocycles. The Balaban J connectivity index is 3.27. The molecule has 8 heteroatoms. The lowest BCUT2D eigenvalue weighted by molar-refractivity contribution is -0.225. The van der Waals surface area contributed by atoms with E-state index in [1.165, 1.54) is 64.2 Å². The van der Waals surface area contributed by atoms with Crippen LogP contribution < -0.4 is 0 Å². The van der Waals surface area contributed by atoms with Gasteiger partial charge < -0.3 is 14.4 Å². The smallest absolute Gasteiger partial charge is 0.379 e. The SMILES string of the molecule is CCCCCCCCCCCCCCCOOP(=O)(O)OCCOCCOCC. The quantitative estimate of drug-likeness (QED) is 0.0828. The fourth-order valence-corrected chi connectivity index (χ4v) is 3.44. The van der Waals surface area contributed by atoms with Crippen LogP contribution in [0, 0.1) is 0 Å². The highest BCUT2D eigenvalue weighted by molar-refractivity contribution is 7.47. The average molecular weight is 441 g/mol. The highest BCUT2D eigenvalue weighted by Gasteiger charge is 2.22. The molecule has 0 radical (unpaired) electrons. The van der Waals surface area contributed by atoms with Crippen molar-refractivity contribution in [3.8, 4) is 0 Å². The Morgan fingerprint density at radius 1 is 0.621 bits per heavy atom. The molecule has 176 valence electrons. The van der Waals surface area contributed by atoms with Crippen LogP contribution in [0.2, 0.25) is 0 Å². The number of rotatable bonds is 24. The van der Waals surface area contributed by atoms with Crippen LogP contribution in [0.25, 0.3) is 0 Å². The lowest BCUT2D eigenvalue weighted by Crippen LogP contribution is -2.09. The van der Waals surface area contributed by atoms with E-state index < -0.39 is 7.82 Å². The maximum Gasteiger partial charge on any atom is 0.499 e. The molecule has 0 aromatic rings. The normalized spacial score (nSPS) is 13.6. The second-order valence-corrected chi connectivity index (χ2v) is 8.59. The summed E-state index contributed by atoms with van der Waals surface area (Å²) in [5.41, 5.74) is 0. The van der Waals surface area contributed by atoms with E-state index in [2.05, 4.69) is 11.6 Å². The summed E-state index contributed by atoms with van der Waals surface area (Å²) in [6.07, 6.45) is 16.4. The van der Waals surface area contributed by atoms with Crippen LogP contribution in [0.5, 0.6) is 0 Å². The van der Waals surface area contributed by atoms with Gasteiger partial charge in [0.25, 0.3) is 0 Å². The van der Waals surface area contributed by atoms with Gasteiger partial charge in [-0.05, 0) is 13.3 Å². The van der Waals surface area contributed by atoms with Crippen molar-refractivity contribution in [2.45, 2.75) is 97.3 Å². The molecule has 0 amide bonds. The number of unbranched alkanes of at least 4 members (excludes halogenated alkanes) is 12. The van der Waals surface area contributed by atoms with E-state index in [0.717, 1.165) is 19.3 Å². The molecular formula is C21H45O7P. The summed E-state index contributed by atoms with van der Waals surface area (Å²) in [6, 6.07) is 0. The first-order valence-electron chi connectivity index (χ1n) is 11.6. The molecule has 0 aliphatic heterocycles. The molecule has 0 aliphatic carbocycles. The summed E-state index contributed by atoms with van der Waals surface area (Å²) in [5.74, 6) is 0. The summed E-state index contributed by atoms with van der Waals surface area (Å²) in [6.45, 7) is 6.15. The van der Waals surface area contributed by atoms with Crippen molar-refractivity contribution in [1.29, 1.82) is 0 Å². The molecule has 1 unspecified atom stereocenters. The molecule has 0 fully saturated rings. The Kier molecular flexibility index (Phi) is 22.7. The molecule has 0 spiro atoms. The van der Waals surface area contributed by atoms with Crippen molar-refractivity contribution in [1.82, 2.24) is 0 Å². The third-order valence-electron chi connectivity index (χ3n) is 4.54. The molecule has 29 heavy (non-hydrogen) atoms. The fraction of sp³-hybridized carbons (Fsp3) is 1.00. The Hall–Kier alpha value is -0.0100. The molecular weight excluding hydrogens is 395 g/mol. The van der Waals surface area contributed by atoms with Crippen molar-refractivity contribution in [3.05, 3.63) is 0 Å². The third kappa shape index (κ3) is 24.1. The van der Waals surface area contributed by atoms with E-state index in [1.54, 1.807) is 0 Å². The fourth-order valence-electron chi connectivity index (χ4n) is 2.88. The van der Waals surface area contributed by atoms with E-state index in [9.17, 15) is 9.46 Å². The van der Waals surface area contributed by atoms with Gasteiger partial charge in [0.1, 0.15) is 0 Å². The zero-order chi connectivity index (χ0) is 21.5. The number of phosphoric acid groups is 1. The first kappa shape index (κ1) is 29.0. The zero-order valence-corrected chi connectivity index (χ0v) is 19.7. The summed E-state index contributed by atoms with van der Waals surface area (Å²) >= 11 is 0. The Morgan fingerprint density at radius 2 is 1.10 bits per heavy atom. The first-order chi connectivity index (χ1) is 14.1. The predicted molar refractivity (Wildman–Crippen MR) is 116 cm³/mol. The minimum absolute atomic E-state index is 0.0397. The van der Waals surface area contributed by atoms with E-state index in [-0.39, 0.29) is 19.8 Å². The lowest BCUT2D eigenvalue weighted by Gasteiger charge is -2.11. The second kappa shape index (κ2) is 22.7. The van der Waals surface area contributed by atoms with Gasteiger partial charge in [0.15, 0.2) is 0 Å². The number of phosphoric ester groups is 1. The molecule has 0 bridgehead atoms. The van der Waals surface area contributed by atoms with Gasteiger partial charge in [-0.15, -0.1) is 4.67 Å². The highest BCUT2D eigenvalue weighted by atomic mass is 31.2. The largest absolute Gasteiger partial charge is 0.499 e. The van der Waals surface area contributed by atoms with Gasteiger partial charge in [0.05, 0.1) is 33.0 Å². The van der Waals surface area contributed by atoms with Gasteiger partial charge in [-0.2, -0.15) is 0 Å². The van der Waals surface area contributed by atoms with E-state index >= 15 is 0 Å². The minimum atomic E-state index is -4.17. The van der Waals surface area contributed by atoms with Crippen LogP contribution in [0.15, 0.2) is 0 Å². The van der Waals surface area contributed by atoms with Gasteiger partial charge in [-0.25, -0.2) is 9.45 Å². The minimum Gasteiger partial charge on any atom is -0.379 e. The average Bonchev–Trinajstić information content (AvgIpc) is 2.70. The van der Waals surface area contributed by atoms with E-state index in [4.69, 9.17) is 18.9 Å². The van der Waals surface area contributed by atoms with Crippen LogP contribution in [0.1, 0.15) is 97.3 Å². The molecule has 0 aliphatic rings. The predicted octanol–water partition coefficient (Wildman–Crippen LogP) is 6.20. The molecule has 7 nitrogen and oxygen atoms in total. The lowest BCUT2D eigenvalue weighted by atomic mass is 10.0. The van der Waals surface area contributed by atoms with Crippen LogP contribution >= 0.6 is 7.82 Å². The highest BCUT2D eigenvalue weighted by Crippen LogP contribution is 2.43. The van der Waals surface area contributed by atoms with Crippen LogP contribution in [0.4, 0.5) is 0 Å². The molecule has 0 saturated carbocycles. The van der Waals surface area contributed by atoms with Gasteiger partial charge in [0, 0.05) is 6.61 Å². The molecule has 1 N–H and O–H groups in total. The van der Waals surface area contributed by atoms with Gasteiger partial charge in [-0.3, -0.25) is 4.52 Å². The van der Waals surface area contributed by atoms with Gasteiger partial charge >= 0.3 is 7.82 Å². The maximum atomic E-state index is 11.6. The molecule has 0 aromatic carbocycles. The van der Waals surface area contributed by atoms with Crippen molar-refractivity contribution in [2.24, 2.45) is 0 Å².